The molecule has 0 unspecified atom stereocenters. The molecule has 0 aromatic heterocycles. The average molecular weight is 705 g/mol. The predicted molar refractivity (Wildman–Crippen MR) is 202 cm³/mol. The molecule has 6 aromatic carbocycles. The molecule has 0 bridgehead atoms. The number of hydrogen-bond acceptors (Lipinski definition) is 8. The summed E-state index contributed by atoms with van der Waals surface area (Å²) in [6, 6.07) is 14.2. The van der Waals surface area contributed by atoms with Gasteiger partial charge in [0.25, 0.3) is 0 Å². The fourth-order valence-corrected chi connectivity index (χ4v) is 6.96. The molecule has 6 aromatic rings. The van der Waals surface area contributed by atoms with E-state index in [9.17, 15) is 39.4 Å². The molecule has 0 atom stereocenters. The van der Waals surface area contributed by atoms with E-state index in [1.54, 1.807) is 26.0 Å². The number of halogens is 2. The fourth-order valence-electron chi connectivity index (χ4n) is 6.96. The first-order valence-electron chi connectivity index (χ1n) is 16.7. The van der Waals surface area contributed by atoms with E-state index in [0.29, 0.717) is 44.4 Å². The van der Waals surface area contributed by atoms with Crippen molar-refractivity contribution in [1.82, 2.24) is 0 Å². The Kier molecular flexibility index (Phi) is 9.27. The first-order chi connectivity index (χ1) is 24.6. The van der Waals surface area contributed by atoms with Crippen LogP contribution in [-0.2, 0) is 0 Å². The Morgan fingerprint density at radius 3 is 1.13 bits per heavy atom. The zero-order valence-corrected chi connectivity index (χ0v) is 29.4. The van der Waals surface area contributed by atoms with Crippen LogP contribution in [0.1, 0.15) is 72.9 Å². The van der Waals surface area contributed by atoms with E-state index in [0.717, 1.165) is 0 Å². The van der Waals surface area contributed by atoms with Crippen molar-refractivity contribution in [3.63, 3.8) is 0 Å². The highest BCUT2D eigenvalue weighted by Crippen LogP contribution is 2.54. The van der Waals surface area contributed by atoms with Gasteiger partial charge < -0.3 is 30.6 Å². The highest BCUT2D eigenvalue weighted by molar-refractivity contribution is 6.15. The smallest absolute Gasteiger partial charge is 0.167 e. The molecule has 8 nitrogen and oxygen atoms in total. The number of benzene rings is 6. The minimum absolute atomic E-state index is 0.00492. The van der Waals surface area contributed by atoms with Crippen LogP contribution in [0.3, 0.4) is 0 Å². The molecule has 0 aliphatic heterocycles. The van der Waals surface area contributed by atoms with Crippen LogP contribution in [-0.4, -0.2) is 43.1 Å². The first kappa shape index (κ1) is 35.7. The van der Waals surface area contributed by atoms with Gasteiger partial charge in [-0.1, -0.05) is 39.8 Å². The molecule has 266 valence electrons. The molecular weight excluding hydrogens is 666 g/mol. The quantitative estimate of drug-likeness (QED) is 0.0720. The average Bonchev–Trinajstić information content (AvgIpc) is 3.08. The van der Waals surface area contributed by atoms with Gasteiger partial charge in [-0.15, -0.1) is 0 Å². The molecule has 6 N–H and O–H groups in total. The van der Waals surface area contributed by atoms with Gasteiger partial charge in [-0.05, 0) is 96.1 Å². The van der Waals surface area contributed by atoms with Gasteiger partial charge in [-0.25, -0.2) is 8.78 Å². The van der Waals surface area contributed by atoms with Crippen LogP contribution in [0, 0.1) is 25.5 Å². The highest BCUT2D eigenvalue weighted by Gasteiger charge is 2.29. The highest BCUT2D eigenvalue weighted by atomic mass is 19.1. The van der Waals surface area contributed by atoms with Crippen LogP contribution in [0.5, 0.6) is 34.5 Å². The molecule has 0 saturated heterocycles. The topological polar surface area (TPSA) is 146 Å². The van der Waals surface area contributed by atoms with Crippen molar-refractivity contribution in [3.05, 3.63) is 106 Å². The maximum atomic E-state index is 13.6. The number of phenols is 6. The monoisotopic (exact) mass is 704 g/mol. The van der Waals surface area contributed by atoms with Crippen LogP contribution >= 0.6 is 0 Å². The number of aryl methyl sites for hydroxylation is 2. The molecule has 0 heterocycles. The first-order valence-corrected chi connectivity index (χ1v) is 16.7. The second-order valence-electron chi connectivity index (χ2n) is 13.5. The Morgan fingerprint density at radius 1 is 0.500 bits per heavy atom. The molecular formula is C42H38F2N2O6. The number of hydrogen-bond donors (Lipinski definition) is 6. The van der Waals surface area contributed by atoms with Gasteiger partial charge in [0, 0.05) is 45.5 Å². The van der Waals surface area contributed by atoms with Crippen molar-refractivity contribution in [2.24, 2.45) is 9.98 Å². The van der Waals surface area contributed by atoms with Gasteiger partial charge in [0.1, 0.15) is 23.1 Å². The van der Waals surface area contributed by atoms with Crippen LogP contribution in [0.4, 0.5) is 20.2 Å². The van der Waals surface area contributed by atoms with Crippen molar-refractivity contribution in [3.8, 4) is 45.6 Å². The lowest BCUT2D eigenvalue weighted by molar-refractivity contribution is 0.398. The Morgan fingerprint density at radius 2 is 0.827 bits per heavy atom. The van der Waals surface area contributed by atoms with Crippen LogP contribution < -0.4 is 0 Å². The summed E-state index contributed by atoms with van der Waals surface area (Å²) in [5.41, 5.74) is 2.93. The normalized spacial score (nSPS) is 12.1. The zero-order valence-electron chi connectivity index (χ0n) is 29.4. The van der Waals surface area contributed by atoms with Crippen molar-refractivity contribution >= 4 is 45.3 Å². The number of rotatable bonds is 7. The van der Waals surface area contributed by atoms with Crippen molar-refractivity contribution in [1.29, 1.82) is 0 Å². The Bertz CT molecular complexity index is 2280. The van der Waals surface area contributed by atoms with Crippen molar-refractivity contribution < 1.29 is 39.4 Å². The minimum atomic E-state index is -0.520. The van der Waals surface area contributed by atoms with E-state index in [1.165, 1.54) is 61.0 Å². The lowest BCUT2D eigenvalue weighted by Crippen LogP contribution is -2.01. The lowest BCUT2D eigenvalue weighted by Gasteiger charge is -2.23. The third kappa shape index (κ3) is 6.00. The molecule has 6 rings (SSSR count). The molecule has 0 fully saturated rings. The van der Waals surface area contributed by atoms with E-state index in [2.05, 4.69) is 9.98 Å². The number of aromatic hydroxyl groups is 6. The molecule has 10 heteroatoms. The van der Waals surface area contributed by atoms with Crippen LogP contribution in [0.2, 0.25) is 0 Å². The van der Waals surface area contributed by atoms with Gasteiger partial charge in [0.2, 0.25) is 0 Å². The molecule has 0 amide bonds. The minimum Gasteiger partial charge on any atom is -0.507 e. The zero-order chi connectivity index (χ0) is 37.8. The predicted octanol–water partition coefficient (Wildman–Crippen LogP) is 10.5. The summed E-state index contributed by atoms with van der Waals surface area (Å²) in [4.78, 5) is 8.76. The summed E-state index contributed by atoms with van der Waals surface area (Å²) in [6.45, 7) is 10.8. The van der Waals surface area contributed by atoms with Gasteiger partial charge in [0.05, 0.1) is 22.5 Å². The summed E-state index contributed by atoms with van der Waals surface area (Å²) in [7, 11) is 0. The number of aliphatic imine (C=N–C) groups is 2. The summed E-state index contributed by atoms with van der Waals surface area (Å²) in [5, 5.41) is 70.8. The second kappa shape index (κ2) is 13.5. The summed E-state index contributed by atoms with van der Waals surface area (Å²) < 4.78 is 27.2. The second-order valence-corrected chi connectivity index (χ2v) is 13.5. The third-order valence-electron chi connectivity index (χ3n) is 9.33. The van der Waals surface area contributed by atoms with E-state index in [4.69, 9.17) is 0 Å². The Labute approximate surface area is 299 Å². The lowest BCUT2D eigenvalue weighted by atomic mass is 9.83. The molecule has 0 aliphatic rings. The van der Waals surface area contributed by atoms with Gasteiger partial charge in [-0.2, -0.15) is 0 Å². The van der Waals surface area contributed by atoms with Crippen LogP contribution in [0.25, 0.3) is 32.7 Å². The Hall–Kier alpha value is -6.16. The largest absolute Gasteiger partial charge is 0.507 e. The number of fused-ring (bicyclic) bond motifs is 2. The van der Waals surface area contributed by atoms with Gasteiger partial charge >= 0.3 is 0 Å². The summed E-state index contributed by atoms with van der Waals surface area (Å²) in [5.74, 6) is -3.91. The van der Waals surface area contributed by atoms with Gasteiger partial charge in [0.15, 0.2) is 23.0 Å². The fraction of sp³-hybridized carbons (Fsp3) is 0.190. The van der Waals surface area contributed by atoms with Gasteiger partial charge in [-0.3, -0.25) is 9.98 Å². The molecule has 0 saturated carbocycles. The van der Waals surface area contributed by atoms with Crippen LogP contribution in [0.15, 0.2) is 70.6 Å². The third-order valence-corrected chi connectivity index (χ3v) is 9.33. The number of phenolic OH excluding ortho intramolecular Hbond substituents is 6. The van der Waals surface area contributed by atoms with E-state index < -0.39 is 23.1 Å². The van der Waals surface area contributed by atoms with E-state index in [-0.39, 0.29) is 67.9 Å². The SMILES string of the molecule is Cc1cc2c(C(C)C)c(O)c(O)c(/C=N/c3ccc(F)cc3)c2c(O)c1-c1c(C)cc2c(C(C)C)c(O)c(O)c(/C=N/c3ccc(F)cc3)c2c1O. The molecule has 0 spiro atoms. The maximum Gasteiger partial charge on any atom is 0.167 e. The maximum absolute atomic E-state index is 13.6. The summed E-state index contributed by atoms with van der Waals surface area (Å²) >= 11 is 0. The molecule has 0 aliphatic carbocycles. The number of nitrogens with zero attached hydrogens (tertiary/aromatic N) is 2. The summed E-state index contributed by atoms with van der Waals surface area (Å²) in [6.07, 6.45) is 2.56. The molecule has 0 radical (unpaired) electrons. The Balaban J connectivity index is 1.71. The molecule has 52 heavy (non-hydrogen) atoms. The van der Waals surface area contributed by atoms with E-state index in [1.807, 2.05) is 27.7 Å². The van der Waals surface area contributed by atoms with Crippen molar-refractivity contribution in [2.75, 3.05) is 0 Å². The van der Waals surface area contributed by atoms with E-state index >= 15 is 0 Å². The standard InChI is InChI=1S/C42H38F2N2O6/c1-19(2)31-27-15-21(5)33(39(49)35(27)29(37(47)41(31)51)17-45-25-11-7-23(43)8-12-25)34-22(6)16-28-32(20(3)4)42(52)38(48)30(36(28)40(34)50)18-46-26-13-9-24(44)10-14-26/h7-20,47-52H,1-6H3/b45-17+,46-18+. The van der Waals surface area contributed by atoms with Crippen molar-refractivity contribution in [2.45, 2.75) is 53.4 Å².